The molecule has 2 aromatic carbocycles. The highest BCUT2D eigenvalue weighted by atomic mass is 35.5. The van der Waals surface area contributed by atoms with E-state index in [4.69, 9.17) is 29.6 Å². The lowest BCUT2D eigenvalue weighted by molar-refractivity contribution is 0.0993. The van der Waals surface area contributed by atoms with Gasteiger partial charge >= 0.3 is 0 Å². The van der Waals surface area contributed by atoms with E-state index in [2.05, 4.69) is 0 Å². The van der Waals surface area contributed by atoms with Gasteiger partial charge in [0.1, 0.15) is 10.7 Å². The highest BCUT2D eigenvalue weighted by Crippen LogP contribution is 2.24. The third kappa shape index (κ3) is 3.32. The monoisotopic (exact) mass is 320 g/mol. The van der Waals surface area contributed by atoms with E-state index in [9.17, 15) is 9.90 Å². The molecule has 2 aromatic rings. The molecule has 0 fully saturated rings. The molecule has 21 heavy (non-hydrogen) atoms. The molecule has 0 aliphatic rings. The predicted octanol–water partition coefficient (Wildman–Crippen LogP) is 2.96. The van der Waals surface area contributed by atoms with Crippen molar-refractivity contribution in [1.29, 1.82) is 0 Å². The Morgan fingerprint density at radius 1 is 1.29 bits per heavy atom. The summed E-state index contributed by atoms with van der Waals surface area (Å²) in [6.07, 6.45) is 0. The van der Waals surface area contributed by atoms with Crippen LogP contribution in [-0.4, -0.2) is 23.0 Å². The molecule has 0 spiro atoms. The first-order valence-electron chi connectivity index (χ1n) is 6.06. The minimum Gasteiger partial charge on any atom is -0.508 e. The molecule has 0 saturated heterocycles. The number of aromatic hydroxyl groups is 1. The van der Waals surface area contributed by atoms with E-state index in [-0.39, 0.29) is 27.2 Å². The second-order valence-corrected chi connectivity index (χ2v) is 5.29. The molecule has 0 saturated carbocycles. The van der Waals surface area contributed by atoms with Gasteiger partial charge in [-0.05, 0) is 30.3 Å². The van der Waals surface area contributed by atoms with Crippen LogP contribution in [0.15, 0.2) is 42.5 Å². The molecule has 108 valence electrons. The Balaban J connectivity index is 2.37. The maximum atomic E-state index is 12.5. The van der Waals surface area contributed by atoms with Crippen molar-refractivity contribution in [3.05, 3.63) is 58.6 Å². The Morgan fingerprint density at radius 2 is 2.00 bits per heavy atom. The van der Waals surface area contributed by atoms with Crippen molar-refractivity contribution in [1.82, 2.24) is 0 Å². The van der Waals surface area contributed by atoms with Crippen molar-refractivity contribution in [3.63, 3.8) is 0 Å². The Hall–Kier alpha value is -2.11. The van der Waals surface area contributed by atoms with Crippen LogP contribution in [0.5, 0.6) is 5.75 Å². The van der Waals surface area contributed by atoms with E-state index in [1.165, 1.54) is 23.1 Å². The lowest BCUT2D eigenvalue weighted by atomic mass is 10.1. The first kappa shape index (κ1) is 15.3. The number of nitrogens with zero attached hydrogens (tertiary/aromatic N) is 1. The molecule has 3 N–H and O–H groups in total. The van der Waals surface area contributed by atoms with Crippen LogP contribution in [-0.2, 0) is 0 Å². The molecule has 4 nitrogen and oxygen atoms in total. The van der Waals surface area contributed by atoms with Crippen molar-refractivity contribution in [2.75, 3.05) is 11.9 Å². The maximum absolute atomic E-state index is 12.5. The lowest BCUT2D eigenvalue weighted by Crippen LogP contribution is -2.26. The number of anilines is 1. The van der Waals surface area contributed by atoms with Gasteiger partial charge in [0.25, 0.3) is 5.91 Å². The zero-order valence-electron chi connectivity index (χ0n) is 11.2. The SMILES string of the molecule is CN(C(=O)c1cc(O)ccc1Cl)c1cccc(C(N)=S)c1. The second-order valence-electron chi connectivity index (χ2n) is 4.44. The molecule has 0 heterocycles. The summed E-state index contributed by atoms with van der Waals surface area (Å²) in [6, 6.07) is 11.2. The minimum absolute atomic E-state index is 0.0203. The fourth-order valence-electron chi connectivity index (χ4n) is 1.84. The van der Waals surface area contributed by atoms with Gasteiger partial charge in [-0.3, -0.25) is 4.79 Å². The van der Waals surface area contributed by atoms with Crippen LogP contribution in [0, 0.1) is 0 Å². The third-order valence-electron chi connectivity index (χ3n) is 3.00. The zero-order chi connectivity index (χ0) is 15.6. The topological polar surface area (TPSA) is 66.6 Å². The average molecular weight is 321 g/mol. The van der Waals surface area contributed by atoms with E-state index in [0.717, 1.165) is 0 Å². The fourth-order valence-corrected chi connectivity index (χ4v) is 2.17. The number of benzene rings is 2. The summed E-state index contributed by atoms with van der Waals surface area (Å²) in [5, 5.41) is 9.77. The first-order valence-corrected chi connectivity index (χ1v) is 6.85. The summed E-state index contributed by atoms with van der Waals surface area (Å²) in [7, 11) is 1.61. The van der Waals surface area contributed by atoms with Crippen LogP contribution in [0.25, 0.3) is 0 Å². The van der Waals surface area contributed by atoms with Crippen molar-refractivity contribution in [2.24, 2.45) is 5.73 Å². The number of rotatable bonds is 3. The van der Waals surface area contributed by atoms with Crippen LogP contribution < -0.4 is 10.6 Å². The summed E-state index contributed by atoms with van der Waals surface area (Å²) in [5.41, 5.74) is 7.11. The largest absolute Gasteiger partial charge is 0.508 e. The molecule has 0 aromatic heterocycles. The minimum atomic E-state index is -0.337. The number of amides is 1. The number of halogens is 1. The normalized spacial score (nSPS) is 10.2. The van der Waals surface area contributed by atoms with E-state index in [0.29, 0.717) is 11.3 Å². The summed E-state index contributed by atoms with van der Waals surface area (Å²) < 4.78 is 0. The molecule has 0 bridgehead atoms. The standard InChI is InChI=1S/C15H13ClN2O2S/c1-18(10-4-2-3-9(7-10)14(17)21)15(20)12-8-11(19)5-6-13(12)16/h2-8,19H,1H3,(H2,17,21). The van der Waals surface area contributed by atoms with Crippen LogP contribution in [0.1, 0.15) is 15.9 Å². The second kappa shape index (κ2) is 6.11. The van der Waals surface area contributed by atoms with Gasteiger partial charge in [0.15, 0.2) is 0 Å². The fraction of sp³-hybridized carbons (Fsp3) is 0.0667. The number of phenols is 1. The Kier molecular flexibility index (Phi) is 4.45. The van der Waals surface area contributed by atoms with Crippen LogP contribution in [0.3, 0.4) is 0 Å². The van der Waals surface area contributed by atoms with Crippen LogP contribution in [0.2, 0.25) is 5.02 Å². The Bertz CT molecular complexity index is 719. The smallest absolute Gasteiger partial charge is 0.259 e. The van der Waals surface area contributed by atoms with E-state index in [1.807, 2.05) is 0 Å². The number of hydrogen-bond donors (Lipinski definition) is 2. The third-order valence-corrected chi connectivity index (χ3v) is 3.57. The van der Waals surface area contributed by atoms with Gasteiger partial charge in [0.05, 0.1) is 10.6 Å². The summed E-state index contributed by atoms with van der Waals surface area (Å²) in [5.74, 6) is -0.357. The molecule has 0 radical (unpaired) electrons. The van der Waals surface area contributed by atoms with Gasteiger partial charge < -0.3 is 15.7 Å². The lowest BCUT2D eigenvalue weighted by Gasteiger charge is -2.19. The molecule has 1 amide bonds. The zero-order valence-corrected chi connectivity index (χ0v) is 12.8. The maximum Gasteiger partial charge on any atom is 0.259 e. The van der Waals surface area contributed by atoms with Gasteiger partial charge in [0.2, 0.25) is 0 Å². The van der Waals surface area contributed by atoms with Crippen molar-refractivity contribution in [3.8, 4) is 5.75 Å². The number of nitrogens with two attached hydrogens (primary N) is 1. The molecular formula is C15H13ClN2O2S. The van der Waals surface area contributed by atoms with Gasteiger partial charge in [-0.25, -0.2) is 0 Å². The Morgan fingerprint density at radius 3 is 2.67 bits per heavy atom. The first-order chi connectivity index (χ1) is 9.90. The highest BCUT2D eigenvalue weighted by Gasteiger charge is 2.17. The van der Waals surface area contributed by atoms with E-state index >= 15 is 0 Å². The molecule has 6 heteroatoms. The summed E-state index contributed by atoms with van der Waals surface area (Å²) >= 11 is 10.9. The predicted molar refractivity (Wildman–Crippen MR) is 88.2 cm³/mol. The Labute approximate surface area is 132 Å². The van der Waals surface area contributed by atoms with E-state index in [1.54, 1.807) is 31.3 Å². The quantitative estimate of drug-likeness (QED) is 0.853. The molecule has 0 unspecified atom stereocenters. The number of phenolic OH excluding ortho intramolecular Hbond substituents is 1. The van der Waals surface area contributed by atoms with Crippen LogP contribution in [0.4, 0.5) is 5.69 Å². The number of carbonyl (C=O) groups excluding carboxylic acids is 1. The number of carbonyl (C=O) groups is 1. The molecule has 2 rings (SSSR count). The van der Waals surface area contributed by atoms with Gasteiger partial charge in [-0.1, -0.05) is 36.0 Å². The van der Waals surface area contributed by atoms with Crippen molar-refractivity contribution >= 4 is 40.4 Å². The van der Waals surface area contributed by atoms with Gasteiger partial charge in [-0.15, -0.1) is 0 Å². The van der Waals surface area contributed by atoms with Crippen LogP contribution >= 0.6 is 23.8 Å². The molecular weight excluding hydrogens is 308 g/mol. The molecule has 0 aliphatic carbocycles. The van der Waals surface area contributed by atoms with E-state index < -0.39 is 0 Å². The summed E-state index contributed by atoms with van der Waals surface area (Å²) in [4.78, 5) is 14.1. The highest BCUT2D eigenvalue weighted by molar-refractivity contribution is 7.80. The van der Waals surface area contributed by atoms with Gasteiger partial charge in [-0.2, -0.15) is 0 Å². The van der Waals surface area contributed by atoms with Crippen molar-refractivity contribution in [2.45, 2.75) is 0 Å². The van der Waals surface area contributed by atoms with Gasteiger partial charge in [0, 0.05) is 18.3 Å². The number of hydrogen-bond acceptors (Lipinski definition) is 3. The number of thiocarbonyl (C=S) groups is 1. The molecule has 0 atom stereocenters. The molecule has 0 aliphatic heterocycles. The summed E-state index contributed by atoms with van der Waals surface area (Å²) in [6.45, 7) is 0. The van der Waals surface area contributed by atoms with Crippen molar-refractivity contribution < 1.29 is 9.90 Å². The average Bonchev–Trinajstić information content (AvgIpc) is 2.48.